The lowest BCUT2D eigenvalue weighted by Crippen LogP contribution is -1.62. The Balaban J connectivity index is 0.000000218. The first-order valence-corrected chi connectivity index (χ1v) is 4.16. The van der Waals surface area contributed by atoms with Crippen molar-refractivity contribution in [2.45, 2.75) is 6.92 Å². The van der Waals surface area contributed by atoms with Crippen molar-refractivity contribution in [2.24, 2.45) is 0 Å². The lowest BCUT2D eigenvalue weighted by atomic mass is 10.4. The van der Waals surface area contributed by atoms with Crippen LogP contribution in [0.3, 0.4) is 0 Å². The second-order valence-electron chi connectivity index (χ2n) is 1.77. The summed E-state index contributed by atoms with van der Waals surface area (Å²) in [5, 5.41) is -0.361. The van der Waals surface area contributed by atoms with Gasteiger partial charge in [0.05, 0.1) is 0 Å². The van der Waals surface area contributed by atoms with Crippen LogP contribution >= 0.6 is 27.5 Å². The molecule has 0 unspecified atom stereocenters. The molecule has 0 bridgehead atoms. The van der Waals surface area contributed by atoms with Gasteiger partial charge in [-0.25, -0.2) is 0 Å². The van der Waals surface area contributed by atoms with Crippen molar-refractivity contribution in [3.05, 3.63) is 34.8 Å². The van der Waals surface area contributed by atoms with E-state index >= 15 is 0 Å². The van der Waals surface area contributed by atoms with Gasteiger partial charge in [0.2, 0.25) is 5.24 Å². The fourth-order valence-electron chi connectivity index (χ4n) is 0.415. The molecular formula is C8H8BrClO. The highest BCUT2D eigenvalue weighted by Gasteiger charge is 1.74. The fraction of sp³-hybridized carbons (Fsp3) is 0.125. The predicted octanol–water partition coefficient (Wildman–Crippen LogP) is 3.22. The summed E-state index contributed by atoms with van der Waals surface area (Å²) in [6, 6.07) is 9.97. The van der Waals surface area contributed by atoms with Crippen LogP contribution in [0.5, 0.6) is 0 Å². The molecule has 0 radical (unpaired) electrons. The number of hydrogen-bond donors (Lipinski definition) is 0. The standard InChI is InChI=1S/C6H5Br.C2H3ClO/c7-6-4-2-1-3-5-6;1-2(3)4/h1-5H;1H3. The molecule has 0 heterocycles. The van der Waals surface area contributed by atoms with Gasteiger partial charge in [-0.2, -0.15) is 0 Å². The molecular weight excluding hydrogens is 227 g/mol. The zero-order valence-corrected chi connectivity index (χ0v) is 8.39. The predicted molar refractivity (Wildman–Crippen MR) is 50.7 cm³/mol. The van der Waals surface area contributed by atoms with Crippen LogP contribution in [0.1, 0.15) is 6.92 Å². The van der Waals surface area contributed by atoms with Crippen LogP contribution in [-0.4, -0.2) is 5.24 Å². The second-order valence-corrected chi connectivity index (χ2v) is 3.21. The Morgan fingerprint density at radius 3 is 1.91 bits per heavy atom. The van der Waals surface area contributed by atoms with E-state index in [1.54, 1.807) is 0 Å². The third-order valence-corrected chi connectivity index (χ3v) is 1.26. The maximum absolute atomic E-state index is 9.21. The van der Waals surface area contributed by atoms with Crippen LogP contribution in [0.25, 0.3) is 0 Å². The highest BCUT2D eigenvalue weighted by molar-refractivity contribution is 9.10. The Morgan fingerprint density at radius 1 is 1.36 bits per heavy atom. The molecule has 11 heavy (non-hydrogen) atoms. The number of carbonyl (C=O) groups is 1. The molecule has 0 aliphatic heterocycles. The molecule has 0 atom stereocenters. The molecule has 3 heteroatoms. The van der Waals surface area contributed by atoms with Crippen LogP contribution in [0.15, 0.2) is 34.8 Å². The van der Waals surface area contributed by atoms with Crippen molar-refractivity contribution in [3.63, 3.8) is 0 Å². The average Bonchev–Trinajstić information content (AvgIpc) is 1.87. The van der Waals surface area contributed by atoms with Gasteiger partial charge >= 0.3 is 0 Å². The lowest BCUT2D eigenvalue weighted by Gasteiger charge is -1.80. The van der Waals surface area contributed by atoms with E-state index in [9.17, 15) is 4.79 Å². The zero-order valence-electron chi connectivity index (χ0n) is 6.05. The Labute approximate surface area is 79.5 Å². The minimum atomic E-state index is -0.361. The van der Waals surface area contributed by atoms with Gasteiger partial charge in [0, 0.05) is 11.4 Å². The van der Waals surface area contributed by atoms with Crippen molar-refractivity contribution < 1.29 is 4.79 Å². The molecule has 0 aliphatic rings. The molecule has 1 aromatic carbocycles. The summed E-state index contributed by atoms with van der Waals surface area (Å²) in [6.07, 6.45) is 0. The molecule has 0 N–H and O–H groups in total. The minimum Gasteiger partial charge on any atom is -0.282 e. The SMILES string of the molecule is Brc1ccccc1.CC(=O)Cl. The fourth-order valence-corrected chi connectivity index (χ4v) is 0.720. The molecule has 0 aliphatic carbocycles. The molecule has 0 aromatic heterocycles. The van der Waals surface area contributed by atoms with E-state index in [0.717, 1.165) is 4.47 Å². The van der Waals surface area contributed by atoms with E-state index < -0.39 is 0 Å². The van der Waals surface area contributed by atoms with Crippen LogP contribution in [0.4, 0.5) is 0 Å². The van der Waals surface area contributed by atoms with Gasteiger partial charge in [0.15, 0.2) is 0 Å². The summed E-state index contributed by atoms with van der Waals surface area (Å²) in [7, 11) is 0. The number of carbonyl (C=O) groups excluding carboxylic acids is 1. The molecule has 0 saturated carbocycles. The van der Waals surface area contributed by atoms with Gasteiger partial charge in [0.1, 0.15) is 0 Å². The molecule has 1 nitrogen and oxygen atoms in total. The van der Waals surface area contributed by atoms with Crippen molar-refractivity contribution in [3.8, 4) is 0 Å². The number of hydrogen-bond acceptors (Lipinski definition) is 1. The highest BCUT2D eigenvalue weighted by atomic mass is 79.9. The van der Waals surface area contributed by atoms with Gasteiger partial charge < -0.3 is 0 Å². The molecule has 1 aromatic rings. The summed E-state index contributed by atoms with van der Waals surface area (Å²) in [5.74, 6) is 0. The van der Waals surface area contributed by atoms with E-state index in [0.29, 0.717) is 0 Å². The quantitative estimate of drug-likeness (QED) is 0.631. The monoisotopic (exact) mass is 234 g/mol. The molecule has 1 rings (SSSR count). The minimum absolute atomic E-state index is 0.361. The van der Waals surface area contributed by atoms with E-state index in [4.69, 9.17) is 0 Å². The number of halogens is 2. The molecule has 60 valence electrons. The third-order valence-electron chi connectivity index (χ3n) is 0.733. The van der Waals surface area contributed by atoms with E-state index in [1.165, 1.54) is 6.92 Å². The van der Waals surface area contributed by atoms with E-state index in [-0.39, 0.29) is 5.24 Å². The Bertz CT molecular complexity index is 207. The van der Waals surface area contributed by atoms with E-state index in [1.807, 2.05) is 30.3 Å². The topological polar surface area (TPSA) is 17.1 Å². The van der Waals surface area contributed by atoms with Crippen LogP contribution in [0, 0.1) is 0 Å². The summed E-state index contributed by atoms with van der Waals surface area (Å²) in [6.45, 7) is 1.29. The van der Waals surface area contributed by atoms with Crippen molar-refractivity contribution >= 4 is 32.8 Å². The smallest absolute Gasteiger partial charge is 0.218 e. The summed E-state index contributed by atoms with van der Waals surface area (Å²) < 4.78 is 1.13. The van der Waals surface area contributed by atoms with Gasteiger partial charge in [-0.05, 0) is 23.7 Å². The maximum atomic E-state index is 9.21. The molecule has 0 fully saturated rings. The van der Waals surface area contributed by atoms with Crippen LogP contribution in [-0.2, 0) is 4.79 Å². The first-order chi connectivity index (χ1) is 5.13. The third kappa shape index (κ3) is 9.66. The lowest BCUT2D eigenvalue weighted by molar-refractivity contribution is -0.109. The average molecular weight is 236 g/mol. The highest BCUT2D eigenvalue weighted by Crippen LogP contribution is 2.05. The largest absolute Gasteiger partial charge is 0.282 e. The summed E-state index contributed by atoms with van der Waals surface area (Å²) in [4.78, 5) is 9.21. The second kappa shape index (κ2) is 6.38. The van der Waals surface area contributed by atoms with E-state index in [2.05, 4.69) is 27.5 Å². The van der Waals surface area contributed by atoms with Gasteiger partial charge in [-0.3, -0.25) is 4.79 Å². The normalized spacial score (nSPS) is 7.91. The number of rotatable bonds is 0. The van der Waals surface area contributed by atoms with Gasteiger partial charge in [-0.15, -0.1) is 0 Å². The maximum Gasteiger partial charge on any atom is 0.218 e. The Kier molecular flexibility index (Phi) is 6.18. The van der Waals surface area contributed by atoms with Crippen LogP contribution < -0.4 is 0 Å². The molecule has 0 saturated heterocycles. The number of benzene rings is 1. The molecule has 0 amide bonds. The Morgan fingerprint density at radius 2 is 1.73 bits per heavy atom. The van der Waals surface area contributed by atoms with Crippen LogP contribution in [0.2, 0.25) is 0 Å². The first kappa shape index (κ1) is 10.7. The Hall–Kier alpha value is -0.340. The first-order valence-electron chi connectivity index (χ1n) is 2.99. The van der Waals surface area contributed by atoms with Gasteiger partial charge in [-0.1, -0.05) is 34.1 Å². The molecule has 0 spiro atoms. The summed E-state index contributed by atoms with van der Waals surface area (Å²) in [5.41, 5.74) is 0. The van der Waals surface area contributed by atoms with Crippen molar-refractivity contribution in [1.29, 1.82) is 0 Å². The van der Waals surface area contributed by atoms with Crippen molar-refractivity contribution in [2.75, 3.05) is 0 Å². The zero-order chi connectivity index (χ0) is 8.69. The van der Waals surface area contributed by atoms with Crippen molar-refractivity contribution in [1.82, 2.24) is 0 Å². The summed E-state index contributed by atoms with van der Waals surface area (Å²) >= 11 is 7.95. The van der Waals surface area contributed by atoms with Gasteiger partial charge in [0.25, 0.3) is 0 Å².